The average molecular weight is 749 g/mol. The fourth-order valence-corrected chi connectivity index (χ4v) is 6.81. The minimum atomic E-state index is -5.23. The molecule has 0 aromatic heterocycles. The van der Waals surface area contributed by atoms with E-state index in [-0.39, 0.29) is 66.1 Å². The average Bonchev–Trinajstić information content (AvgIpc) is 2.90. The van der Waals surface area contributed by atoms with Gasteiger partial charge in [0.25, 0.3) is 0 Å². The summed E-state index contributed by atoms with van der Waals surface area (Å²) in [5.41, 5.74) is -1.75. The summed E-state index contributed by atoms with van der Waals surface area (Å²) < 4.78 is 108. The molecule has 0 unspecified atom stereocenters. The van der Waals surface area contributed by atoms with Crippen molar-refractivity contribution in [1.29, 1.82) is 0 Å². The number of rotatable bonds is 3. The Bertz CT molecular complexity index is 2060. The van der Waals surface area contributed by atoms with E-state index in [1.54, 1.807) is 0 Å². The second-order valence-electron chi connectivity index (χ2n) is 10.2. The molecule has 5 rings (SSSR count). The molecule has 0 atom stereocenters. The molecule has 3 N–H and O–H groups in total. The molecule has 0 heterocycles. The van der Waals surface area contributed by atoms with Crippen LogP contribution < -0.4 is 5.11 Å². The molecule has 235 valence electrons. The SMILES string of the molecule is O=S(=O)([O-])c1cc2c([O-])c(c1)Cc1cc(S(=O)(=O)[O-])cc(c1O)Cc1c[c-]cc(c1O)Cc1cc(S(=O)(=O)[O-])cc(c1O)C2.[Y]. The van der Waals surface area contributed by atoms with Gasteiger partial charge >= 0.3 is 0 Å². The molecule has 45 heavy (non-hydrogen) atoms. The molecule has 0 saturated carbocycles. The minimum Gasteiger partial charge on any atom is -0.872 e. The van der Waals surface area contributed by atoms with E-state index in [4.69, 9.17) is 0 Å². The van der Waals surface area contributed by atoms with Gasteiger partial charge in [-0.15, -0.1) is 16.9 Å². The monoisotopic (exact) mass is 748 g/mol. The van der Waals surface area contributed by atoms with Gasteiger partial charge in [0.1, 0.15) is 41.9 Å². The van der Waals surface area contributed by atoms with Crippen LogP contribution in [0.2, 0.25) is 0 Å². The van der Waals surface area contributed by atoms with Gasteiger partial charge in [0, 0.05) is 51.3 Å². The van der Waals surface area contributed by atoms with E-state index >= 15 is 0 Å². The molecule has 8 bridgehead atoms. The molecule has 13 nitrogen and oxygen atoms in total. The number of hydrogen-bond acceptors (Lipinski definition) is 13. The Morgan fingerprint density at radius 2 is 0.733 bits per heavy atom. The largest absolute Gasteiger partial charge is 0.872 e. The van der Waals surface area contributed by atoms with Crippen LogP contribution in [0.15, 0.2) is 63.2 Å². The molecule has 4 aromatic rings. The van der Waals surface area contributed by atoms with Gasteiger partial charge in [-0.3, -0.25) is 0 Å². The summed E-state index contributed by atoms with van der Waals surface area (Å²) in [6.45, 7) is 0. The summed E-state index contributed by atoms with van der Waals surface area (Å²) >= 11 is 0. The maximum absolute atomic E-state index is 13.5. The van der Waals surface area contributed by atoms with Crippen molar-refractivity contribution in [3.63, 3.8) is 0 Å². The Labute approximate surface area is 283 Å². The number of phenolic OH excluding ortho intramolecular Hbond substituents is 3. The van der Waals surface area contributed by atoms with E-state index < -0.39 is 105 Å². The Kier molecular flexibility index (Phi) is 9.48. The third kappa shape index (κ3) is 7.18. The maximum atomic E-state index is 13.5. The first-order valence-electron chi connectivity index (χ1n) is 12.4. The van der Waals surface area contributed by atoms with E-state index in [1.807, 2.05) is 0 Å². The first-order chi connectivity index (χ1) is 20.3. The van der Waals surface area contributed by atoms with Crippen molar-refractivity contribution in [2.45, 2.75) is 40.4 Å². The minimum absolute atomic E-state index is 0. The summed E-state index contributed by atoms with van der Waals surface area (Å²) in [5, 5.41) is 46.7. The van der Waals surface area contributed by atoms with Crippen molar-refractivity contribution in [2.24, 2.45) is 0 Å². The molecule has 1 aliphatic rings. The first kappa shape index (κ1) is 34.8. The zero-order valence-corrected chi connectivity index (χ0v) is 28.0. The Morgan fingerprint density at radius 3 is 1.02 bits per heavy atom. The van der Waals surface area contributed by atoms with E-state index in [2.05, 4.69) is 6.07 Å². The molecule has 1 aliphatic carbocycles. The molecular weight excluding hydrogens is 729 g/mol. The molecule has 0 amide bonds. The Balaban J connectivity index is 0.00000461. The zero-order valence-electron chi connectivity index (χ0n) is 22.7. The van der Waals surface area contributed by atoms with Gasteiger partial charge in [-0.25, -0.2) is 25.3 Å². The molecule has 0 spiro atoms. The number of benzene rings is 4. The predicted molar refractivity (Wildman–Crippen MR) is 144 cm³/mol. The van der Waals surface area contributed by atoms with Crippen LogP contribution in [0.25, 0.3) is 0 Å². The summed E-state index contributed by atoms with van der Waals surface area (Å²) in [6, 6.07) is 10.0. The van der Waals surface area contributed by atoms with E-state index in [0.29, 0.717) is 12.1 Å². The van der Waals surface area contributed by atoms with Crippen molar-refractivity contribution in [3.8, 4) is 23.0 Å². The van der Waals surface area contributed by atoms with Crippen LogP contribution >= 0.6 is 0 Å². The summed E-state index contributed by atoms with van der Waals surface area (Å²) in [4.78, 5) is -2.50. The number of hydrogen-bond donors (Lipinski definition) is 3. The second kappa shape index (κ2) is 12.3. The van der Waals surface area contributed by atoms with Crippen molar-refractivity contribution >= 4 is 30.4 Å². The molecule has 0 saturated heterocycles. The topological polar surface area (TPSA) is 255 Å². The van der Waals surface area contributed by atoms with Crippen LogP contribution in [-0.2, 0) is 88.7 Å². The fraction of sp³-hybridized carbons (Fsp3) is 0.143. The van der Waals surface area contributed by atoms with Gasteiger partial charge in [-0.05, 0) is 82.6 Å². The van der Waals surface area contributed by atoms with Gasteiger partial charge < -0.3 is 34.1 Å². The van der Waals surface area contributed by atoms with Crippen molar-refractivity contribution in [2.75, 3.05) is 0 Å². The molecule has 4 aromatic carbocycles. The van der Waals surface area contributed by atoms with Crippen LogP contribution in [0, 0.1) is 6.07 Å². The zero-order chi connectivity index (χ0) is 32.4. The first-order valence-corrected chi connectivity index (χ1v) is 16.7. The number of fused-ring (bicyclic) bond motifs is 8. The normalized spacial score (nSPS) is 13.6. The molecule has 17 heteroatoms. The fourth-order valence-electron chi connectivity index (χ4n) is 5.09. The maximum Gasteiger partial charge on any atom is 0.124 e. The summed E-state index contributed by atoms with van der Waals surface area (Å²) in [6.07, 6.45) is -2.15. The second-order valence-corrected chi connectivity index (χ2v) is 14.3. The van der Waals surface area contributed by atoms with Gasteiger partial charge in [0.05, 0.1) is 14.7 Å². The van der Waals surface area contributed by atoms with Gasteiger partial charge in [0.15, 0.2) is 0 Å². The third-order valence-corrected chi connectivity index (χ3v) is 9.65. The quantitative estimate of drug-likeness (QED) is 0.173. The van der Waals surface area contributed by atoms with Crippen molar-refractivity contribution < 1.29 is 92.0 Å². The van der Waals surface area contributed by atoms with Crippen LogP contribution in [0.1, 0.15) is 44.5 Å². The van der Waals surface area contributed by atoms with Crippen LogP contribution in [0.5, 0.6) is 23.0 Å². The Hall–Kier alpha value is -3.09. The van der Waals surface area contributed by atoms with Crippen LogP contribution in [0.3, 0.4) is 0 Å². The van der Waals surface area contributed by atoms with E-state index in [9.17, 15) is 59.3 Å². The summed E-state index contributed by atoms with van der Waals surface area (Å²) in [7, 11) is -15.5. The molecular formula is C28H19O13S3Y-5. The van der Waals surface area contributed by atoms with E-state index in [1.165, 1.54) is 12.1 Å². The van der Waals surface area contributed by atoms with Crippen molar-refractivity contribution in [1.82, 2.24) is 0 Å². The smallest absolute Gasteiger partial charge is 0.124 e. The van der Waals surface area contributed by atoms with Crippen LogP contribution in [0.4, 0.5) is 0 Å². The number of phenols is 3. The molecule has 0 aliphatic heterocycles. The Morgan fingerprint density at radius 1 is 0.489 bits per heavy atom. The third-order valence-electron chi connectivity index (χ3n) is 7.21. The standard InChI is InChI=1S/C28H23O13S3.Y/c29-25-14-2-1-3-15(25)5-17-9-23(43(36,37)38)11-19(27(17)31)7-21-13-24(44(39,40)41)12-20(28(21)32)6-18-10-22(42(33,34)35)8-16(4-14)26(18)30;/h2-3,8-13,29-32H,4-7H2,(H,33,34,35)(H,36,37,38)(H,39,40,41);/q-1;/p-4. The summed E-state index contributed by atoms with van der Waals surface area (Å²) in [5.74, 6) is -2.51. The van der Waals surface area contributed by atoms with Gasteiger partial charge in [0.2, 0.25) is 0 Å². The molecule has 0 fully saturated rings. The predicted octanol–water partition coefficient (Wildman–Crippen LogP) is 1.06. The van der Waals surface area contributed by atoms with E-state index in [0.717, 1.165) is 24.3 Å². The van der Waals surface area contributed by atoms with Crippen LogP contribution in [-0.4, -0.2) is 54.2 Å². The molecule has 1 radical (unpaired) electrons. The number of aromatic hydroxyl groups is 3. The van der Waals surface area contributed by atoms with Crippen molar-refractivity contribution in [3.05, 3.63) is 99.1 Å². The van der Waals surface area contributed by atoms with Gasteiger partial charge in [-0.1, -0.05) is 0 Å². The van der Waals surface area contributed by atoms with Gasteiger partial charge in [-0.2, -0.15) is 18.2 Å².